The van der Waals surface area contributed by atoms with E-state index >= 15 is 0 Å². The van der Waals surface area contributed by atoms with Gasteiger partial charge in [-0.2, -0.15) is 40.7 Å². The molecule has 2 aliphatic heterocycles. The summed E-state index contributed by atoms with van der Waals surface area (Å²) in [6.45, 7) is 0. The number of nitrogens with zero attached hydrogens (tertiary/aromatic N) is 8. The molecule has 0 spiro atoms. The number of carboxylic acids is 2. The second-order valence-corrected chi connectivity index (χ2v) is 10.9. The number of aliphatic carboxylic acids is 2. The highest BCUT2D eigenvalue weighted by molar-refractivity contribution is 6.46. The molecule has 2 unspecified atom stereocenters. The van der Waals surface area contributed by atoms with E-state index in [4.69, 9.17) is 11.5 Å². The number of rotatable bonds is 10. The normalized spacial score (nSPS) is 17.3. The van der Waals surface area contributed by atoms with Gasteiger partial charge < -0.3 is 27.0 Å². The van der Waals surface area contributed by atoms with Gasteiger partial charge >= 0.3 is 11.9 Å². The molecule has 0 fully saturated rings. The van der Waals surface area contributed by atoms with Crippen LogP contribution in [0.3, 0.4) is 0 Å². The van der Waals surface area contributed by atoms with Gasteiger partial charge in [0.25, 0.3) is 17.7 Å². The fourth-order valence-electron chi connectivity index (χ4n) is 4.84. The molecule has 0 bridgehead atoms. The molecule has 0 radical (unpaired) electrons. The Morgan fingerprint density at radius 3 is 1.49 bits per heavy atom. The van der Waals surface area contributed by atoms with Crippen LogP contribution in [0.2, 0.25) is 0 Å². The molecule has 6 rings (SSSR count). The average molecular weight is 688 g/mol. The largest absolute Gasteiger partial charge is 0.477 e. The van der Waals surface area contributed by atoms with Crippen LogP contribution in [0, 0.1) is 0 Å². The molecule has 0 saturated heterocycles. The lowest BCUT2D eigenvalue weighted by atomic mass is 10.2. The van der Waals surface area contributed by atoms with Crippen molar-refractivity contribution in [2.24, 2.45) is 30.7 Å². The van der Waals surface area contributed by atoms with Crippen LogP contribution < -0.4 is 26.8 Å². The minimum atomic E-state index is -1.50. The fraction of sp³-hybridized carbons (Fsp3) is 0.0606. The Labute approximate surface area is 287 Å². The molecule has 0 saturated carbocycles. The monoisotopic (exact) mass is 687 g/mol. The van der Waals surface area contributed by atoms with Crippen molar-refractivity contribution in [1.29, 1.82) is 0 Å². The van der Waals surface area contributed by atoms with Gasteiger partial charge in [-0.25, -0.2) is 9.59 Å². The summed E-state index contributed by atoms with van der Waals surface area (Å²) >= 11 is 0. The van der Waals surface area contributed by atoms with Gasteiger partial charge in [-0.1, -0.05) is 12.1 Å². The molecule has 7 N–H and O–H groups in total. The van der Waals surface area contributed by atoms with E-state index in [2.05, 4.69) is 36.0 Å². The Bertz CT molecular complexity index is 2200. The van der Waals surface area contributed by atoms with E-state index in [0.29, 0.717) is 17.1 Å². The maximum Gasteiger partial charge on any atom is 0.355 e. The molecule has 18 nitrogen and oxygen atoms in total. The van der Waals surface area contributed by atoms with E-state index in [1.165, 1.54) is 60.7 Å². The summed E-state index contributed by atoms with van der Waals surface area (Å²) in [5.74, 6) is -4.78. The van der Waals surface area contributed by atoms with Crippen molar-refractivity contribution in [2.75, 3.05) is 26.8 Å². The number of benzene rings is 4. The number of hydrazone groups is 2. The third-order valence-electron chi connectivity index (χ3n) is 7.32. The molecule has 254 valence electrons. The molecule has 0 aliphatic carbocycles. The van der Waals surface area contributed by atoms with Crippen molar-refractivity contribution in [3.05, 3.63) is 103 Å². The molecule has 2 aliphatic rings. The third-order valence-corrected chi connectivity index (χ3v) is 7.32. The lowest BCUT2D eigenvalue weighted by molar-refractivity contribution is -0.130. The smallest absolute Gasteiger partial charge is 0.355 e. The first-order chi connectivity index (χ1) is 24.5. The van der Waals surface area contributed by atoms with Gasteiger partial charge in [-0.05, 0) is 84.9 Å². The number of hydrogen-bond acceptors (Lipinski definition) is 13. The number of nitrogen functional groups attached to an aromatic ring is 2. The van der Waals surface area contributed by atoms with Crippen molar-refractivity contribution in [3.63, 3.8) is 0 Å². The molecule has 51 heavy (non-hydrogen) atoms. The first kappa shape index (κ1) is 33.3. The van der Waals surface area contributed by atoms with Crippen LogP contribution in [0.1, 0.15) is 10.4 Å². The minimum absolute atomic E-state index is 0.245. The zero-order valence-electron chi connectivity index (χ0n) is 26.1. The number of carboxylic acid groups (broad SMARTS) is 2. The van der Waals surface area contributed by atoms with Crippen LogP contribution >= 0.6 is 0 Å². The van der Waals surface area contributed by atoms with Gasteiger partial charge in [0.15, 0.2) is 11.4 Å². The van der Waals surface area contributed by atoms with Crippen LogP contribution in [0.15, 0.2) is 128 Å². The molecule has 2 atom stereocenters. The molecule has 4 aromatic rings. The Morgan fingerprint density at radius 1 is 0.647 bits per heavy atom. The molecule has 18 heteroatoms. The predicted octanol–water partition coefficient (Wildman–Crippen LogP) is 3.98. The molecule has 3 amide bonds. The van der Waals surface area contributed by atoms with E-state index in [9.17, 15) is 34.2 Å². The van der Waals surface area contributed by atoms with Gasteiger partial charge in [0.2, 0.25) is 12.1 Å². The van der Waals surface area contributed by atoms with Crippen LogP contribution in [0.25, 0.3) is 0 Å². The number of anilines is 5. The zero-order chi connectivity index (χ0) is 36.2. The first-order valence-corrected chi connectivity index (χ1v) is 14.8. The molecule has 0 aromatic heterocycles. The number of carbonyl (C=O) groups excluding carboxylic acids is 3. The van der Waals surface area contributed by atoms with Crippen LogP contribution in [0.5, 0.6) is 0 Å². The van der Waals surface area contributed by atoms with Crippen molar-refractivity contribution < 1.29 is 34.2 Å². The quantitative estimate of drug-likeness (QED) is 0.119. The summed E-state index contributed by atoms with van der Waals surface area (Å²) in [5.41, 5.74) is 13.0. The topological polar surface area (TPSA) is 271 Å². The van der Waals surface area contributed by atoms with E-state index < -0.39 is 53.2 Å². The molecule has 4 aromatic carbocycles. The van der Waals surface area contributed by atoms with Gasteiger partial charge in [-0.15, -0.1) is 0 Å². The standard InChI is InChI=1S/C33H25N11O7/c34-18-3-1-5-23(15-18)43-30(46)25(27(41-43)32(48)49)39-37-21-9-7-17(8-10-21)29(45)36-20-11-13-22(14-12-20)38-40-26-28(33(50)51)42-44(31(26)47)24-6-2-4-19(35)16-24/h1-16,25-26H,34-35H2,(H,36,45)(H,48,49)(H,50,51). The van der Waals surface area contributed by atoms with Crippen LogP contribution in [0.4, 0.5) is 39.8 Å². The molecular formula is C33H25N11O7. The van der Waals surface area contributed by atoms with E-state index in [1.54, 1.807) is 36.4 Å². The summed E-state index contributed by atoms with van der Waals surface area (Å²) in [6, 6.07) is 21.4. The fourth-order valence-corrected chi connectivity index (χ4v) is 4.84. The van der Waals surface area contributed by atoms with Crippen molar-refractivity contribution in [2.45, 2.75) is 12.1 Å². The summed E-state index contributed by atoms with van der Waals surface area (Å²) in [7, 11) is 0. The van der Waals surface area contributed by atoms with Gasteiger partial charge in [0, 0.05) is 22.6 Å². The van der Waals surface area contributed by atoms with E-state index in [-0.39, 0.29) is 28.3 Å². The lowest BCUT2D eigenvalue weighted by Gasteiger charge is -2.12. The SMILES string of the molecule is Nc1cccc(N2N=C(C(=O)O)C(N=Nc3ccc(NC(=O)c4ccc(N=NC5C(=O)N(c6cccc(N)c6)N=C5C(=O)O)cc4)cc3)C2=O)c1. The average Bonchev–Trinajstić information content (AvgIpc) is 3.63. The third kappa shape index (κ3) is 7.14. The number of nitrogens with one attached hydrogen (secondary N) is 1. The Balaban J connectivity index is 1.07. The van der Waals surface area contributed by atoms with Crippen molar-refractivity contribution >= 4 is 80.9 Å². The zero-order valence-corrected chi connectivity index (χ0v) is 26.1. The van der Waals surface area contributed by atoms with Crippen LogP contribution in [-0.4, -0.2) is 63.4 Å². The highest BCUT2D eigenvalue weighted by Gasteiger charge is 2.42. The van der Waals surface area contributed by atoms with Crippen molar-refractivity contribution in [3.8, 4) is 0 Å². The Morgan fingerprint density at radius 2 is 1.08 bits per heavy atom. The van der Waals surface area contributed by atoms with Gasteiger partial charge in [0.1, 0.15) is 0 Å². The minimum Gasteiger partial charge on any atom is -0.477 e. The number of azo groups is 2. The van der Waals surface area contributed by atoms with E-state index in [1.807, 2.05) is 0 Å². The highest BCUT2D eigenvalue weighted by Crippen LogP contribution is 2.27. The lowest BCUT2D eigenvalue weighted by Crippen LogP contribution is -2.33. The summed E-state index contributed by atoms with van der Waals surface area (Å²) in [4.78, 5) is 62.3. The number of nitrogens with two attached hydrogens (primary N) is 2. The molecule has 2 heterocycles. The van der Waals surface area contributed by atoms with Gasteiger partial charge in [0.05, 0.1) is 22.7 Å². The van der Waals surface area contributed by atoms with Crippen molar-refractivity contribution in [1.82, 2.24) is 0 Å². The number of carbonyl (C=O) groups is 5. The van der Waals surface area contributed by atoms with Gasteiger partial charge in [-0.3, -0.25) is 14.4 Å². The first-order valence-electron chi connectivity index (χ1n) is 14.8. The number of amides is 3. The maximum atomic E-state index is 13.0. The second-order valence-electron chi connectivity index (χ2n) is 10.9. The summed E-state index contributed by atoms with van der Waals surface area (Å²) < 4.78 is 0. The number of hydrogen-bond donors (Lipinski definition) is 5. The predicted molar refractivity (Wildman–Crippen MR) is 184 cm³/mol. The maximum absolute atomic E-state index is 13.0. The Kier molecular flexibility index (Phi) is 9.03. The second kappa shape index (κ2) is 13.8. The Hall–Kier alpha value is -7.63. The van der Waals surface area contributed by atoms with Crippen LogP contribution in [-0.2, 0) is 19.2 Å². The highest BCUT2D eigenvalue weighted by atomic mass is 16.4. The molecular weight excluding hydrogens is 662 g/mol. The summed E-state index contributed by atoms with van der Waals surface area (Å²) in [5, 5.41) is 47.3. The summed E-state index contributed by atoms with van der Waals surface area (Å²) in [6.07, 6.45) is 0. The van der Waals surface area contributed by atoms with E-state index in [0.717, 1.165) is 10.0 Å².